The number of carboxylic acids is 1. The van der Waals surface area contributed by atoms with Crippen LogP contribution in [-0.4, -0.2) is 90.0 Å². The van der Waals surface area contributed by atoms with E-state index in [9.17, 15) is 19.1 Å². The van der Waals surface area contributed by atoms with Crippen molar-refractivity contribution >= 4 is 40.0 Å². The van der Waals surface area contributed by atoms with Crippen molar-refractivity contribution < 1.29 is 23.8 Å². The zero-order valence-corrected chi connectivity index (χ0v) is 27.3. The maximum Gasteiger partial charge on any atom is 0.341 e. The fraction of sp³-hybridized carbons (Fsp3) is 0.394. The van der Waals surface area contributed by atoms with E-state index in [0.29, 0.717) is 34.5 Å². The van der Waals surface area contributed by atoms with E-state index in [0.717, 1.165) is 31.7 Å². The van der Waals surface area contributed by atoms with E-state index in [1.165, 1.54) is 31.6 Å². The van der Waals surface area contributed by atoms with Gasteiger partial charge in [-0.3, -0.25) is 4.79 Å². The molecular weight excluding hydrogens is 615 g/mol. The number of halogens is 2. The molecule has 0 aliphatic carbocycles. The second-order valence-corrected chi connectivity index (χ2v) is 11.6. The third-order valence-electron chi connectivity index (χ3n) is 8.37. The number of benzene rings is 1. The summed E-state index contributed by atoms with van der Waals surface area (Å²) >= 11 is 6.76. The topological polar surface area (TPSA) is 113 Å². The van der Waals surface area contributed by atoms with Gasteiger partial charge in [-0.1, -0.05) is 25.4 Å². The van der Waals surface area contributed by atoms with Crippen molar-refractivity contribution in [2.45, 2.75) is 38.8 Å². The summed E-state index contributed by atoms with van der Waals surface area (Å²) in [5, 5.41) is 10.3. The molecule has 4 aromatic rings. The van der Waals surface area contributed by atoms with Crippen molar-refractivity contribution in [2.75, 3.05) is 57.2 Å². The van der Waals surface area contributed by atoms with E-state index in [1.807, 2.05) is 26.0 Å². The molecule has 0 bridgehead atoms. The summed E-state index contributed by atoms with van der Waals surface area (Å²) < 4.78 is 27.1. The van der Waals surface area contributed by atoms with Crippen LogP contribution in [-0.2, 0) is 0 Å². The zero-order valence-electron chi connectivity index (χ0n) is 26.5. The van der Waals surface area contributed by atoms with Crippen LogP contribution in [0.2, 0.25) is 5.02 Å². The number of rotatable bonds is 9. The van der Waals surface area contributed by atoms with E-state index < -0.39 is 17.2 Å². The molecule has 5 heterocycles. The molecule has 2 fully saturated rings. The van der Waals surface area contributed by atoms with E-state index >= 15 is 0 Å². The minimum Gasteiger partial charge on any atom is -0.493 e. The Bertz CT molecular complexity index is 1780. The van der Waals surface area contributed by atoms with Crippen molar-refractivity contribution in [2.24, 2.45) is 0 Å². The Morgan fingerprint density at radius 3 is 2.59 bits per heavy atom. The Morgan fingerprint density at radius 2 is 1.93 bits per heavy atom. The largest absolute Gasteiger partial charge is 0.493 e. The number of likely N-dealkylation sites (N-methyl/N-ethyl adjacent to an activating group) is 1. The fourth-order valence-corrected chi connectivity index (χ4v) is 6.04. The molecule has 46 heavy (non-hydrogen) atoms. The van der Waals surface area contributed by atoms with Crippen LogP contribution in [0.1, 0.15) is 37.0 Å². The van der Waals surface area contributed by atoms with Crippen LogP contribution < -0.4 is 24.7 Å². The van der Waals surface area contributed by atoms with Crippen LogP contribution in [0.4, 0.5) is 15.9 Å². The molecule has 0 spiro atoms. The molecule has 1 aromatic carbocycles. The molecule has 244 valence electrons. The van der Waals surface area contributed by atoms with E-state index in [-0.39, 0.29) is 35.2 Å². The SMILES string of the molecule is CC.COc1ccnc(OC[C@H]2CCCN2c2cc3c(cc2Cl)c(=O)c(C(=O)O)cn3-c2ccc(N3CC(N(C)C)C3)nc2)c1F. The number of nitrogens with zero attached hydrogens (tertiary/aromatic N) is 6. The lowest BCUT2D eigenvalue weighted by Crippen LogP contribution is -2.57. The zero-order chi connectivity index (χ0) is 33.1. The van der Waals surface area contributed by atoms with Crippen LogP contribution in [0.15, 0.2) is 53.7 Å². The predicted molar refractivity (Wildman–Crippen MR) is 177 cm³/mol. The molecule has 0 saturated carbocycles. The number of anilines is 2. The highest BCUT2D eigenvalue weighted by atomic mass is 35.5. The Labute approximate surface area is 271 Å². The molecule has 2 saturated heterocycles. The van der Waals surface area contributed by atoms with E-state index in [1.54, 1.807) is 16.8 Å². The van der Waals surface area contributed by atoms with Gasteiger partial charge >= 0.3 is 5.97 Å². The number of carbonyl (C=O) groups is 1. The molecular formula is C33H38ClFN6O5. The van der Waals surface area contributed by atoms with Crippen molar-refractivity contribution in [3.63, 3.8) is 0 Å². The summed E-state index contributed by atoms with van der Waals surface area (Å²) in [6, 6.07) is 8.78. The highest BCUT2D eigenvalue weighted by Crippen LogP contribution is 2.36. The number of aromatic carboxylic acids is 1. The lowest BCUT2D eigenvalue weighted by Gasteiger charge is -2.43. The maximum absolute atomic E-state index is 14.6. The first-order chi connectivity index (χ1) is 22.2. The van der Waals surface area contributed by atoms with Gasteiger partial charge in [-0.05, 0) is 51.2 Å². The van der Waals surface area contributed by atoms with E-state index in [4.69, 9.17) is 21.1 Å². The van der Waals surface area contributed by atoms with Crippen LogP contribution in [0.3, 0.4) is 0 Å². The number of methoxy groups -OCH3 is 1. The van der Waals surface area contributed by atoms with Crippen molar-refractivity contribution in [3.8, 4) is 17.3 Å². The number of fused-ring (bicyclic) bond motifs is 1. The summed E-state index contributed by atoms with van der Waals surface area (Å²) in [6.45, 7) is 6.54. The number of hydrogen-bond donors (Lipinski definition) is 1. The Balaban J connectivity index is 0.00000204. The van der Waals surface area contributed by atoms with Gasteiger partial charge in [-0.15, -0.1) is 0 Å². The molecule has 0 unspecified atom stereocenters. The average Bonchev–Trinajstić information content (AvgIpc) is 3.49. The second kappa shape index (κ2) is 13.9. The number of hydrogen-bond acceptors (Lipinski definition) is 9. The summed E-state index contributed by atoms with van der Waals surface area (Å²) in [6.07, 6.45) is 6.03. The first-order valence-corrected chi connectivity index (χ1v) is 15.6. The molecule has 0 amide bonds. The quantitative estimate of drug-likeness (QED) is 0.262. The van der Waals surface area contributed by atoms with Crippen molar-refractivity contribution in [3.05, 3.63) is 75.5 Å². The van der Waals surface area contributed by atoms with Gasteiger partial charge in [0.25, 0.3) is 5.88 Å². The summed E-state index contributed by atoms with van der Waals surface area (Å²) in [5.74, 6) is -1.29. The van der Waals surface area contributed by atoms with Gasteiger partial charge in [0.05, 0.1) is 41.3 Å². The van der Waals surface area contributed by atoms with Crippen LogP contribution in [0, 0.1) is 5.82 Å². The predicted octanol–water partition coefficient (Wildman–Crippen LogP) is 5.10. The van der Waals surface area contributed by atoms with Crippen LogP contribution >= 0.6 is 11.6 Å². The van der Waals surface area contributed by atoms with Crippen LogP contribution in [0.25, 0.3) is 16.6 Å². The lowest BCUT2D eigenvalue weighted by molar-refractivity contribution is 0.0695. The van der Waals surface area contributed by atoms with Gasteiger partial charge in [0.15, 0.2) is 5.75 Å². The number of aromatic nitrogens is 3. The monoisotopic (exact) mass is 652 g/mol. The molecule has 6 rings (SSSR count). The molecule has 11 nitrogen and oxygen atoms in total. The van der Waals surface area contributed by atoms with Crippen LogP contribution in [0.5, 0.6) is 11.6 Å². The third kappa shape index (κ3) is 6.32. The lowest BCUT2D eigenvalue weighted by atomic mass is 10.1. The highest BCUT2D eigenvalue weighted by Gasteiger charge is 2.30. The minimum absolute atomic E-state index is 0.0414. The van der Waals surface area contributed by atoms with Gasteiger partial charge in [-0.2, -0.15) is 4.39 Å². The number of carboxylic acid groups (broad SMARTS) is 1. The average molecular weight is 653 g/mol. The number of pyridine rings is 3. The Kier molecular flexibility index (Phi) is 9.97. The molecule has 2 aliphatic rings. The highest BCUT2D eigenvalue weighted by molar-refractivity contribution is 6.34. The molecule has 3 aromatic heterocycles. The van der Waals surface area contributed by atoms with Crippen molar-refractivity contribution in [1.29, 1.82) is 0 Å². The molecule has 0 radical (unpaired) electrons. The molecule has 1 atom stereocenters. The maximum atomic E-state index is 14.6. The summed E-state index contributed by atoms with van der Waals surface area (Å²) in [7, 11) is 5.48. The molecule has 13 heteroatoms. The summed E-state index contributed by atoms with van der Waals surface area (Å²) in [5.41, 5.74) is 0.735. The van der Waals surface area contributed by atoms with Gasteiger partial charge in [0.2, 0.25) is 11.2 Å². The Morgan fingerprint density at radius 1 is 1.17 bits per heavy atom. The van der Waals surface area contributed by atoms with E-state index in [2.05, 4.69) is 38.8 Å². The van der Waals surface area contributed by atoms with Gasteiger partial charge in [0.1, 0.15) is 18.0 Å². The normalized spacial score (nSPS) is 16.3. The minimum atomic E-state index is -1.33. The Hall–Kier alpha value is -4.42. The summed E-state index contributed by atoms with van der Waals surface area (Å²) in [4.78, 5) is 40.4. The standard InChI is InChI=1S/C31H32ClFN6O5.C2H6/c1-36(2)20-14-37(15-20)27-7-6-18(13-35-27)39-16-22(31(41)42)29(40)21-11-23(32)25(12-24(21)39)38-10-4-5-19(38)17-44-30-28(33)26(43-3)8-9-34-30;1-2/h6-9,11-13,16,19-20H,4-5,10,14-15,17H2,1-3H3,(H,41,42);1-2H3/t19-;/m1./s1. The third-order valence-corrected chi connectivity index (χ3v) is 8.67. The van der Waals surface area contributed by atoms with Gasteiger partial charge in [0, 0.05) is 49.5 Å². The fourth-order valence-electron chi connectivity index (χ4n) is 5.76. The molecule has 1 N–H and O–H groups in total. The van der Waals surface area contributed by atoms with Crippen molar-refractivity contribution in [1.82, 2.24) is 19.4 Å². The molecule has 2 aliphatic heterocycles. The first-order valence-electron chi connectivity index (χ1n) is 15.2. The number of ether oxygens (including phenoxy) is 2. The smallest absolute Gasteiger partial charge is 0.341 e. The van der Waals surface area contributed by atoms with Gasteiger partial charge in [-0.25, -0.2) is 14.8 Å². The second-order valence-electron chi connectivity index (χ2n) is 11.2. The van der Waals surface area contributed by atoms with Gasteiger partial charge < -0.3 is 33.8 Å². The first kappa shape index (κ1) is 33.0.